The zero-order valence-electron chi connectivity index (χ0n) is 14.1. The van der Waals surface area contributed by atoms with Crippen molar-refractivity contribution in [1.82, 2.24) is 0 Å². The van der Waals surface area contributed by atoms with Gasteiger partial charge in [-0.1, -0.05) is 0 Å². The molecule has 1 N–H and O–H groups in total. The van der Waals surface area contributed by atoms with Crippen LogP contribution in [0.1, 0.15) is 31.9 Å². The molecule has 5 nitrogen and oxygen atoms in total. The van der Waals surface area contributed by atoms with Crippen LogP contribution in [0.3, 0.4) is 0 Å². The number of hydrogen-bond donors (Lipinski definition) is 1. The number of hydrogen-bond acceptors (Lipinski definition) is 4. The molecule has 0 fully saturated rings. The second-order valence-corrected chi connectivity index (χ2v) is 5.61. The Morgan fingerprint density at radius 1 is 1.18 bits per heavy atom. The van der Waals surface area contributed by atoms with Gasteiger partial charge >= 0.3 is 0 Å². The van der Waals surface area contributed by atoms with Crippen molar-refractivity contribution in [3.05, 3.63) is 23.3 Å². The maximum atomic E-state index is 12.6. The maximum Gasteiger partial charge on any atom is 0.249 e. The summed E-state index contributed by atoms with van der Waals surface area (Å²) in [5.41, 5.74) is 4.26. The number of rotatable bonds is 6. The Morgan fingerprint density at radius 3 is 2.36 bits per heavy atom. The number of nitrogens with zero attached hydrogens (tertiary/aromatic N) is 1. The van der Waals surface area contributed by atoms with Gasteiger partial charge in [0.2, 0.25) is 5.91 Å². The van der Waals surface area contributed by atoms with Crippen LogP contribution >= 0.6 is 0 Å². The lowest BCUT2D eigenvalue weighted by Gasteiger charge is -2.36. The average molecular weight is 306 g/mol. The summed E-state index contributed by atoms with van der Waals surface area (Å²) >= 11 is 0. The van der Waals surface area contributed by atoms with E-state index in [9.17, 15) is 4.79 Å². The summed E-state index contributed by atoms with van der Waals surface area (Å²) in [6, 6.07) is 3.89. The van der Waals surface area contributed by atoms with Crippen LogP contribution in [0, 0.1) is 13.8 Å². The third-order valence-electron chi connectivity index (χ3n) is 3.95. The van der Waals surface area contributed by atoms with Gasteiger partial charge in [0, 0.05) is 13.2 Å². The molecule has 1 aliphatic rings. The van der Waals surface area contributed by atoms with Gasteiger partial charge in [-0.2, -0.15) is 0 Å². The lowest BCUT2D eigenvalue weighted by molar-refractivity contribution is -0.136. The van der Waals surface area contributed by atoms with Crippen LogP contribution in [0.15, 0.2) is 12.1 Å². The van der Waals surface area contributed by atoms with Crippen molar-refractivity contribution in [3.63, 3.8) is 0 Å². The molecule has 5 heteroatoms. The van der Waals surface area contributed by atoms with Crippen LogP contribution in [0.2, 0.25) is 0 Å². The van der Waals surface area contributed by atoms with Crippen LogP contribution in [0.25, 0.3) is 0 Å². The summed E-state index contributed by atoms with van der Waals surface area (Å²) in [7, 11) is 0. The number of amides is 1. The topological polar surface area (TPSA) is 50.8 Å². The lowest BCUT2D eigenvalue weighted by atomic mass is 10.0. The second-order valence-electron chi connectivity index (χ2n) is 5.61. The molecule has 0 aliphatic carbocycles. The van der Waals surface area contributed by atoms with Crippen LogP contribution in [0.4, 0.5) is 11.4 Å². The van der Waals surface area contributed by atoms with Crippen LogP contribution in [-0.4, -0.2) is 38.0 Å². The zero-order valence-corrected chi connectivity index (χ0v) is 14.1. The first-order chi connectivity index (χ1) is 10.5. The number of anilines is 2. The SMILES string of the molecule is CCOC(CN1C(=O)C(C)Nc2cc(C)c(C)cc21)OCC. The number of fused-ring (bicyclic) bond motifs is 1. The molecule has 0 saturated heterocycles. The number of carbonyl (C=O) groups excluding carboxylic acids is 1. The summed E-state index contributed by atoms with van der Waals surface area (Å²) in [6.07, 6.45) is -0.404. The first-order valence-corrected chi connectivity index (χ1v) is 7.90. The van der Waals surface area contributed by atoms with Crippen molar-refractivity contribution in [2.24, 2.45) is 0 Å². The van der Waals surface area contributed by atoms with Gasteiger partial charge in [-0.15, -0.1) is 0 Å². The molecule has 0 saturated carbocycles. The van der Waals surface area contributed by atoms with E-state index in [-0.39, 0.29) is 11.9 Å². The zero-order chi connectivity index (χ0) is 16.3. The number of aryl methyl sites for hydroxylation is 2. The fraction of sp³-hybridized carbons (Fsp3) is 0.588. The number of nitrogens with one attached hydrogen (secondary N) is 1. The molecule has 1 atom stereocenters. The van der Waals surface area contributed by atoms with Gasteiger partial charge in [-0.3, -0.25) is 4.79 Å². The smallest absolute Gasteiger partial charge is 0.249 e. The molecule has 1 unspecified atom stereocenters. The Bertz CT molecular complexity index is 539. The van der Waals surface area contributed by atoms with E-state index in [0.717, 1.165) is 16.9 Å². The van der Waals surface area contributed by atoms with Gasteiger partial charge in [0.1, 0.15) is 6.04 Å². The molecule has 1 heterocycles. The molecule has 2 rings (SSSR count). The lowest BCUT2D eigenvalue weighted by Crippen LogP contribution is -2.49. The molecule has 1 aliphatic heterocycles. The Hall–Kier alpha value is -1.59. The highest BCUT2D eigenvalue weighted by molar-refractivity contribution is 6.05. The van der Waals surface area contributed by atoms with Crippen molar-refractivity contribution in [2.75, 3.05) is 30.0 Å². The van der Waals surface area contributed by atoms with Gasteiger partial charge in [0.25, 0.3) is 0 Å². The monoisotopic (exact) mass is 306 g/mol. The molecule has 1 amide bonds. The fourth-order valence-corrected chi connectivity index (χ4v) is 2.65. The van der Waals surface area contributed by atoms with E-state index >= 15 is 0 Å². The Labute approximate surface area is 132 Å². The van der Waals surface area contributed by atoms with Crippen LogP contribution in [-0.2, 0) is 14.3 Å². The molecular formula is C17H26N2O3. The average Bonchev–Trinajstić information content (AvgIpc) is 2.47. The molecular weight excluding hydrogens is 280 g/mol. The first-order valence-electron chi connectivity index (χ1n) is 7.90. The molecule has 1 aromatic carbocycles. The standard InChI is InChI=1S/C17H26N2O3/c1-6-21-16(22-7-2)10-19-15-9-12(4)11(3)8-14(15)18-13(5)17(19)20/h8-9,13,16,18H,6-7,10H2,1-5H3. The highest BCUT2D eigenvalue weighted by Crippen LogP contribution is 2.34. The molecule has 0 spiro atoms. The van der Waals surface area contributed by atoms with Crippen molar-refractivity contribution >= 4 is 17.3 Å². The van der Waals surface area contributed by atoms with Gasteiger partial charge in [0.15, 0.2) is 6.29 Å². The molecule has 122 valence electrons. The van der Waals surface area contributed by atoms with Crippen molar-refractivity contribution in [2.45, 2.75) is 47.0 Å². The third kappa shape index (κ3) is 3.42. The highest BCUT2D eigenvalue weighted by Gasteiger charge is 2.32. The van der Waals surface area contributed by atoms with E-state index in [2.05, 4.69) is 31.3 Å². The third-order valence-corrected chi connectivity index (χ3v) is 3.95. The minimum absolute atomic E-state index is 0.0418. The minimum atomic E-state index is -0.404. The van der Waals surface area contributed by atoms with Crippen molar-refractivity contribution < 1.29 is 14.3 Å². The van der Waals surface area contributed by atoms with Gasteiger partial charge in [-0.25, -0.2) is 0 Å². The summed E-state index contributed by atoms with van der Waals surface area (Å²) in [4.78, 5) is 14.4. The van der Waals surface area contributed by atoms with E-state index < -0.39 is 6.29 Å². The quantitative estimate of drug-likeness (QED) is 0.821. The van der Waals surface area contributed by atoms with Crippen LogP contribution in [0.5, 0.6) is 0 Å². The maximum absolute atomic E-state index is 12.6. The van der Waals surface area contributed by atoms with Gasteiger partial charge in [0.05, 0.1) is 17.9 Å². The summed E-state index contributed by atoms with van der Waals surface area (Å²) in [6.45, 7) is 11.4. The largest absolute Gasteiger partial charge is 0.372 e. The van der Waals surface area contributed by atoms with Crippen molar-refractivity contribution in [3.8, 4) is 0 Å². The van der Waals surface area contributed by atoms with Crippen molar-refractivity contribution in [1.29, 1.82) is 0 Å². The normalized spacial score (nSPS) is 17.6. The summed E-state index contributed by atoms with van der Waals surface area (Å²) in [5, 5.41) is 3.27. The van der Waals surface area contributed by atoms with E-state index in [4.69, 9.17) is 9.47 Å². The summed E-state index contributed by atoms with van der Waals surface area (Å²) < 4.78 is 11.2. The predicted molar refractivity (Wildman–Crippen MR) is 88.4 cm³/mol. The Kier molecular flexibility index (Phi) is 5.42. The number of benzene rings is 1. The molecule has 0 aromatic heterocycles. The first kappa shape index (κ1) is 16.8. The van der Waals surface area contributed by atoms with E-state index in [1.165, 1.54) is 5.56 Å². The van der Waals surface area contributed by atoms with Gasteiger partial charge < -0.3 is 19.7 Å². The minimum Gasteiger partial charge on any atom is -0.372 e. The molecule has 22 heavy (non-hydrogen) atoms. The summed E-state index contributed by atoms with van der Waals surface area (Å²) in [5.74, 6) is 0.0418. The van der Waals surface area contributed by atoms with E-state index in [1.807, 2.05) is 20.8 Å². The van der Waals surface area contributed by atoms with Crippen LogP contribution < -0.4 is 10.2 Å². The second kappa shape index (κ2) is 7.11. The Balaban J connectivity index is 2.33. The predicted octanol–water partition coefficient (Wildman–Crippen LogP) is 2.85. The number of carbonyl (C=O) groups is 1. The van der Waals surface area contributed by atoms with Gasteiger partial charge in [-0.05, 0) is 57.9 Å². The number of ether oxygens (including phenoxy) is 2. The fourth-order valence-electron chi connectivity index (χ4n) is 2.65. The van der Waals surface area contributed by atoms with E-state index in [1.54, 1.807) is 4.90 Å². The Morgan fingerprint density at radius 2 is 1.77 bits per heavy atom. The molecule has 0 radical (unpaired) electrons. The highest BCUT2D eigenvalue weighted by atomic mass is 16.7. The van der Waals surface area contributed by atoms with E-state index in [0.29, 0.717) is 19.8 Å². The molecule has 0 bridgehead atoms. The molecule has 1 aromatic rings.